The Bertz CT molecular complexity index is 722. The molecule has 0 bridgehead atoms. The predicted molar refractivity (Wildman–Crippen MR) is 184 cm³/mol. The standard InChI is InChI=1S/C20H29NO6.38F2/c1-6-25-18(22)14-7-9-16(10-8-14)26-13-15-11-17(24-5)12-21(15)19(23)27-20(2,3)4;38*1-2/h7-10,15,17H,6,11-13H2,1-5H3;;;;;;;;;;;;;;;;;;;;;;;;;;;;;;;;;;;;;;/t15-,17-;;;;;;;;;;;;;;;;;;;;;;;;;;;;;;;;;;;;;;/m0....................................../s1. The zero-order valence-corrected chi connectivity index (χ0v) is 45.4. The van der Waals surface area contributed by atoms with Gasteiger partial charge in [-0.3, -0.25) is 4.90 Å². The molecule has 682 valence electrons. The molecule has 1 fully saturated rings. The van der Waals surface area contributed by atoms with E-state index in [4.69, 9.17) is 367 Å². The van der Waals surface area contributed by atoms with Crippen LogP contribution in [0.2, 0.25) is 0 Å². The Morgan fingerprint density at radius 2 is 0.505 bits per heavy atom. The molecule has 2 rings (SSSR count). The van der Waals surface area contributed by atoms with E-state index in [0.29, 0.717) is 37.5 Å². The average Bonchev–Trinajstić information content (AvgIpc) is 1.72. The van der Waals surface area contributed by atoms with Gasteiger partial charge >= 0.3 is 12.1 Å². The zero-order chi connectivity index (χ0) is 96.0. The number of hydrogen-bond acceptors (Lipinski definition) is 6. The summed E-state index contributed by atoms with van der Waals surface area (Å²) in [5, 5.41) is 0. The van der Waals surface area contributed by atoms with Crippen LogP contribution in [0.5, 0.6) is 5.75 Å². The van der Waals surface area contributed by atoms with Gasteiger partial charge in [-0.25, -0.2) is 9.59 Å². The molecule has 1 aromatic carbocycles. The minimum atomic E-state index is -0.559. The molecule has 0 aliphatic carbocycles. The fourth-order valence-corrected chi connectivity index (χ4v) is 2.84. The highest BCUT2D eigenvalue weighted by Gasteiger charge is 2.38. The van der Waals surface area contributed by atoms with Crippen molar-refractivity contribution in [3.8, 4) is 5.75 Å². The van der Waals surface area contributed by atoms with E-state index in [2.05, 4.69) is 0 Å². The Hall–Kier alpha value is -7.60. The van der Waals surface area contributed by atoms with Gasteiger partial charge in [0.25, 0.3) is 0 Å². The van der Waals surface area contributed by atoms with Gasteiger partial charge in [0.2, 0.25) is 0 Å². The maximum absolute atomic E-state index is 12.5. The molecule has 1 heterocycles. The van der Waals surface area contributed by atoms with Crippen LogP contribution in [0.4, 0.5) is 352 Å². The number of methoxy groups -OCH3 is 1. The highest BCUT2D eigenvalue weighted by atomic mass is 20.1. The molecule has 1 aromatic rings. The maximum Gasteiger partial charge on any atom is 0.410 e. The molecule has 7 nitrogen and oxygen atoms in total. The number of likely N-dealkylation sites (tertiary alicyclic amines) is 1. The summed E-state index contributed by atoms with van der Waals surface area (Å²) >= 11 is 0. The molecule has 0 aromatic heterocycles. The van der Waals surface area contributed by atoms with Crippen LogP contribution in [0, 0.1) is 0 Å². The lowest BCUT2D eigenvalue weighted by Crippen LogP contribution is -2.42. The minimum Gasteiger partial charge on any atom is -0.491 e. The Morgan fingerprint density at radius 1 is 0.330 bits per heavy atom. The molecule has 0 spiro atoms. The minimum absolute atomic E-state index is 0.0442. The molecular formula is C20H29F76NO6. The molecule has 0 radical (unpaired) electrons. The first-order valence-electron chi connectivity index (χ1n) is 14.6. The zero-order valence-electron chi connectivity index (χ0n) is 45.4. The smallest absolute Gasteiger partial charge is 0.410 e. The van der Waals surface area contributed by atoms with Crippen molar-refractivity contribution < 1.29 is 376 Å². The van der Waals surface area contributed by atoms with Crippen molar-refractivity contribution in [1.29, 1.82) is 0 Å². The molecule has 2 atom stereocenters. The van der Waals surface area contributed by atoms with E-state index in [1.54, 1.807) is 43.2 Å². The highest BCUT2D eigenvalue weighted by Crippen LogP contribution is 2.24. The van der Waals surface area contributed by atoms with E-state index >= 15 is 0 Å². The van der Waals surface area contributed by atoms with Crippen LogP contribution in [0.3, 0.4) is 0 Å². The first-order chi connectivity index (χ1) is 50.7. The monoisotopic (exact) mass is 1820 g/mol. The van der Waals surface area contributed by atoms with Crippen LogP contribution in [0.25, 0.3) is 0 Å². The summed E-state index contributed by atoms with van der Waals surface area (Å²) in [5.41, 5.74) is -0.0868. The number of benzene rings is 1. The van der Waals surface area contributed by atoms with Gasteiger partial charge in [-0.05, 0) is 58.4 Å². The van der Waals surface area contributed by atoms with Crippen molar-refractivity contribution in [3.63, 3.8) is 0 Å². The number of nitrogens with zero attached hydrogens (tertiary/aromatic N) is 1. The first kappa shape index (κ1) is 249. The Kier molecular flexibility index (Phi) is 2020. The van der Waals surface area contributed by atoms with Crippen molar-refractivity contribution in [3.05, 3.63) is 29.8 Å². The van der Waals surface area contributed by atoms with Gasteiger partial charge < -0.3 is 18.9 Å². The largest absolute Gasteiger partial charge is 0.491 e. The fraction of sp³-hybridized carbons (Fsp3) is 0.600. The average molecular weight is 1820 g/mol. The molecule has 83 heteroatoms. The van der Waals surface area contributed by atoms with Crippen molar-refractivity contribution in [2.45, 2.75) is 51.9 Å². The number of hydrogen-bond donors (Lipinski definition) is 0. The predicted octanol–water partition coefficient (Wildman–Crippen LogP) is 35.2. The molecule has 0 unspecified atom stereocenters. The van der Waals surface area contributed by atoms with Crippen LogP contribution in [-0.4, -0.2) is 61.6 Å². The number of carbonyl (C=O) groups is 2. The van der Waals surface area contributed by atoms with Gasteiger partial charge in [0.05, 0.1) is 30.9 Å². The van der Waals surface area contributed by atoms with Crippen LogP contribution in [-0.2, 0) is 14.2 Å². The highest BCUT2D eigenvalue weighted by molar-refractivity contribution is 5.89. The second-order valence-corrected chi connectivity index (χ2v) is 7.44. The summed E-state index contributed by atoms with van der Waals surface area (Å²) in [7, 11) is 1.63. The lowest BCUT2D eigenvalue weighted by atomic mass is 10.2. The third-order valence-electron chi connectivity index (χ3n) is 4.15. The Balaban J connectivity index is -0.0000000140. The van der Waals surface area contributed by atoms with E-state index in [-0.39, 0.29) is 24.2 Å². The SMILES string of the molecule is CCOC(=O)c1ccc(OC[C@@H]2C[C@H](OC)CN2C(=O)OC(C)(C)C)cc1.FF.FF.FF.FF.FF.FF.FF.FF.FF.FF.FF.FF.FF.FF.FF.FF.FF.FF.FF.FF.FF.FF.FF.FF.FF.FF.FF.FF.FF.FF.FF.FF.FF.FF.FF.FF.FF.FF. The summed E-state index contributed by atoms with van der Waals surface area (Å²) in [5.74, 6) is 0.256. The van der Waals surface area contributed by atoms with Crippen LogP contribution >= 0.6 is 0 Å². The molecule has 0 saturated carbocycles. The van der Waals surface area contributed by atoms with E-state index in [1.807, 2.05) is 20.8 Å². The Morgan fingerprint density at radius 3 is 0.650 bits per heavy atom. The first-order valence-corrected chi connectivity index (χ1v) is 14.6. The van der Waals surface area contributed by atoms with Crippen molar-refractivity contribution in [2.75, 3.05) is 26.9 Å². The molecule has 1 saturated heterocycles. The topological polar surface area (TPSA) is 74.3 Å². The molecule has 1 amide bonds. The summed E-state index contributed by atoms with van der Waals surface area (Å²) in [6.45, 7) is 8.40. The van der Waals surface area contributed by atoms with E-state index in [9.17, 15) is 9.59 Å². The van der Waals surface area contributed by atoms with Gasteiger partial charge in [0.15, 0.2) is 0 Å². The third-order valence-corrected chi connectivity index (χ3v) is 4.15. The van der Waals surface area contributed by atoms with E-state index < -0.39 is 5.60 Å². The molecule has 0 N–H and O–H groups in total. The van der Waals surface area contributed by atoms with E-state index in [1.165, 1.54) is 0 Å². The summed E-state index contributed by atoms with van der Waals surface area (Å²) in [6, 6.07) is 6.60. The molecule has 103 heavy (non-hydrogen) atoms. The Labute approximate surface area is 510 Å². The third kappa shape index (κ3) is 576. The van der Waals surface area contributed by atoms with Crippen molar-refractivity contribution >= 4 is 12.1 Å². The number of rotatable bonds is 6. The number of ether oxygens (including phenoxy) is 4. The number of amides is 1. The van der Waals surface area contributed by atoms with Gasteiger partial charge in [-0.15, -0.1) is 0 Å². The normalized spacial score (nSPS) is 7.37. The van der Waals surface area contributed by atoms with Crippen LogP contribution in [0.15, 0.2) is 24.3 Å². The number of esters is 1. The summed E-state index contributed by atoms with van der Waals surface area (Å²) < 4.78 is 630. The second kappa shape index (κ2) is 835. The molecule has 1 aliphatic heterocycles. The van der Waals surface area contributed by atoms with Gasteiger partial charge in [0, 0.05) is 355 Å². The fourth-order valence-electron chi connectivity index (χ4n) is 2.84. The lowest BCUT2D eigenvalue weighted by molar-refractivity contribution is 0.0163. The molecular weight excluding hydrogens is 1790 g/mol. The van der Waals surface area contributed by atoms with Crippen molar-refractivity contribution in [1.82, 2.24) is 4.90 Å². The summed E-state index contributed by atoms with van der Waals surface area (Å²) in [6.07, 6.45) is 0.266. The van der Waals surface area contributed by atoms with Crippen LogP contribution in [0.1, 0.15) is 44.5 Å². The quantitative estimate of drug-likeness (QED) is 0.209. The van der Waals surface area contributed by atoms with Gasteiger partial charge in [0.1, 0.15) is 18.0 Å². The van der Waals surface area contributed by atoms with Gasteiger partial charge in [-0.2, -0.15) is 0 Å². The number of carbonyl (C=O) groups excluding carboxylic acids is 2. The number of halogens is 76. The summed E-state index contributed by atoms with van der Waals surface area (Å²) in [4.78, 5) is 25.8. The van der Waals surface area contributed by atoms with Gasteiger partial charge in [-0.1, -0.05) is 0 Å². The van der Waals surface area contributed by atoms with E-state index in [0.717, 1.165) is 0 Å². The molecule has 1 aliphatic rings. The second-order valence-electron chi connectivity index (χ2n) is 7.44. The van der Waals surface area contributed by atoms with Crippen LogP contribution < -0.4 is 4.74 Å². The van der Waals surface area contributed by atoms with Crippen molar-refractivity contribution in [2.24, 2.45) is 0 Å². The lowest BCUT2D eigenvalue weighted by Gasteiger charge is -2.28. The maximum atomic E-state index is 12.5.